The molecule has 0 unspecified atom stereocenters. The first-order valence-corrected chi connectivity index (χ1v) is 12.8. The third kappa shape index (κ3) is 42.1. The minimum Gasteiger partial charge on any atom is -0.338 e. The molecule has 0 saturated carbocycles. The van der Waals surface area contributed by atoms with E-state index in [1.165, 1.54) is 19.3 Å². The molecule has 0 aromatic rings. The number of rotatable bonds is 5. The van der Waals surface area contributed by atoms with Crippen molar-refractivity contribution in [3.8, 4) is 0 Å². The molecular formula is C7H19O2PS2Zn. The molecule has 0 fully saturated rings. The zero-order valence-electron chi connectivity index (χ0n) is 8.44. The predicted octanol–water partition coefficient (Wildman–Crippen LogP) is 3.24. The van der Waals surface area contributed by atoms with Crippen LogP contribution >= 0.6 is 17.9 Å². The Balaban J connectivity index is 0. The molecule has 0 amide bonds. The van der Waals surface area contributed by atoms with Crippen molar-refractivity contribution in [1.82, 2.24) is 0 Å². The van der Waals surface area contributed by atoms with E-state index in [4.69, 9.17) is 9.79 Å². The van der Waals surface area contributed by atoms with Crippen LogP contribution in [-0.2, 0) is 28.9 Å². The molecule has 0 bridgehead atoms. The van der Waals surface area contributed by atoms with Gasteiger partial charge in [0.25, 0.3) is 0 Å². The molecule has 2 nitrogen and oxygen atoms in total. The summed E-state index contributed by atoms with van der Waals surface area (Å²) in [6.45, 7) is 4.62. The molecule has 0 heterocycles. The third-order valence-corrected chi connectivity index (χ3v) is 5.04. The zero-order valence-corrected chi connectivity index (χ0v) is 14.0. The average Bonchev–Trinajstić information content (AvgIpc) is 1.95. The van der Waals surface area contributed by atoms with Crippen LogP contribution in [0.1, 0.15) is 33.1 Å². The zero-order chi connectivity index (χ0) is 10.7. The van der Waals surface area contributed by atoms with Crippen molar-refractivity contribution in [2.75, 3.05) is 0 Å². The molecule has 0 saturated heterocycles. The van der Waals surface area contributed by atoms with Crippen LogP contribution in [0.4, 0.5) is 0 Å². The predicted molar refractivity (Wildman–Crippen MR) is 62.5 cm³/mol. The molecule has 0 aromatic heterocycles. The third-order valence-electron chi connectivity index (χ3n) is 1.46. The molecule has 0 aliphatic rings. The summed E-state index contributed by atoms with van der Waals surface area (Å²) in [5.41, 5.74) is -3.11. The van der Waals surface area contributed by atoms with E-state index in [9.17, 15) is 0 Å². The van der Waals surface area contributed by atoms with Crippen molar-refractivity contribution in [3.05, 3.63) is 0 Å². The maximum atomic E-state index is 7.87. The molecule has 13 heavy (non-hydrogen) atoms. The van der Waals surface area contributed by atoms with Crippen LogP contribution in [0.2, 0.25) is 10.0 Å². The molecule has 0 spiro atoms. The van der Waals surface area contributed by atoms with Crippen LogP contribution in [0.5, 0.6) is 0 Å². The largest absolute Gasteiger partial charge is 0.338 e. The SMILES string of the molecule is CCCC[CH2][Zn][CH2]C.OP(O)(=S)S. The van der Waals surface area contributed by atoms with Gasteiger partial charge in [-0.2, -0.15) is 0 Å². The first-order valence-electron chi connectivity index (χ1n) is 4.70. The minimum atomic E-state index is -3.11. The Morgan fingerprint density at radius 2 is 1.77 bits per heavy atom. The summed E-state index contributed by atoms with van der Waals surface area (Å²) in [5, 5.41) is 3.19. The first-order chi connectivity index (χ1) is 5.91. The molecule has 0 rings (SSSR count). The van der Waals surface area contributed by atoms with Crippen molar-refractivity contribution in [1.29, 1.82) is 0 Å². The molecule has 0 aliphatic carbocycles. The van der Waals surface area contributed by atoms with Crippen molar-refractivity contribution < 1.29 is 26.9 Å². The summed E-state index contributed by atoms with van der Waals surface area (Å²) in [6, 6.07) is 0. The van der Waals surface area contributed by atoms with Crippen LogP contribution < -0.4 is 0 Å². The van der Waals surface area contributed by atoms with Crippen molar-refractivity contribution in [2.24, 2.45) is 0 Å². The Hall–Kier alpha value is 1.54. The van der Waals surface area contributed by atoms with E-state index in [-0.39, 0.29) is 17.1 Å². The van der Waals surface area contributed by atoms with E-state index < -0.39 is 5.69 Å². The monoisotopic (exact) mass is 294 g/mol. The summed E-state index contributed by atoms with van der Waals surface area (Å²) >= 11 is 7.11. The van der Waals surface area contributed by atoms with E-state index in [1.54, 1.807) is 10.0 Å². The Morgan fingerprint density at radius 3 is 2.08 bits per heavy atom. The second-order valence-electron chi connectivity index (χ2n) is 2.93. The number of thiol groups is 1. The van der Waals surface area contributed by atoms with E-state index >= 15 is 0 Å². The van der Waals surface area contributed by atoms with Gasteiger partial charge >= 0.3 is 60.3 Å². The van der Waals surface area contributed by atoms with Crippen molar-refractivity contribution in [3.63, 3.8) is 0 Å². The Labute approximate surface area is 99.4 Å². The molecule has 6 heteroatoms. The van der Waals surface area contributed by atoms with E-state index in [2.05, 4.69) is 37.9 Å². The van der Waals surface area contributed by atoms with E-state index in [0.29, 0.717) is 0 Å². The van der Waals surface area contributed by atoms with Gasteiger partial charge in [-0.25, -0.2) is 0 Å². The summed E-state index contributed by atoms with van der Waals surface area (Å²) < 4.78 is 0. The number of hydrogen-bond donors (Lipinski definition) is 3. The van der Waals surface area contributed by atoms with Gasteiger partial charge in [0, 0.05) is 0 Å². The average molecular weight is 296 g/mol. The normalized spacial score (nSPS) is 9.92. The first kappa shape index (κ1) is 17.0. The standard InChI is InChI=1S/C5H11.C2H5.H3O2PS2.Zn/c1-3-5-4-2;1-2;1-3(2,4)5;/h1,3-5H2,2H3;1H2,2H3;(H3,1,2,4,5);. The second kappa shape index (κ2) is 11.6. The number of unbranched alkanes of at least 4 members (excludes halogenated alkanes) is 2. The summed E-state index contributed by atoms with van der Waals surface area (Å²) in [7, 11) is 0. The van der Waals surface area contributed by atoms with Crippen molar-refractivity contribution in [2.45, 2.75) is 43.1 Å². The van der Waals surface area contributed by atoms with Crippen LogP contribution in [-0.4, -0.2) is 9.79 Å². The van der Waals surface area contributed by atoms with Gasteiger partial charge in [-0.3, -0.25) is 0 Å². The molecule has 0 aliphatic heterocycles. The van der Waals surface area contributed by atoms with Gasteiger partial charge in [0.2, 0.25) is 5.69 Å². The smallest absolute Gasteiger partial charge is 0.239 e. The minimum absolute atomic E-state index is 0.0412. The van der Waals surface area contributed by atoms with Gasteiger partial charge in [-0.05, 0) is 11.8 Å². The van der Waals surface area contributed by atoms with E-state index in [0.717, 1.165) is 0 Å². The van der Waals surface area contributed by atoms with Gasteiger partial charge in [0.1, 0.15) is 0 Å². The van der Waals surface area contributed by atoms with Crippen LogP contribution in [0.25, 0.3) is 0 Å². The maximum absolute atomic E-state index is 7.87. The summed E-state index contributed by atoms with van der Waals surface area (Å²) in [6.07, 6.45) is 4.40. The Bertz CT molecular complexity index is 126. The Morgan fingerprint density at radius 1 is 1.31 bits per heavy atom. The maximum Gasteiger partial charge on any atom is 0.239 e. The van der Waals surface area contributed by atoms with Crippen LogP contribution in [0.3, 0.4) is 0 Å². The molecule has 0 atom stereocenters. The summed E-state index contributed by atoms with van der Waals surface area (Å²) in [4.78, 5) is 15.7. The molecule has 2 N–H and O–H groups in total. The van der Waals surface area contributed by atoms with Gasteiger partial charge in [-0.15, -0.1) is 0 Å². The number of hydrogen-bond acceptors (Lipinski definition) is 1. The fourth-order valence-corrected chi connectivity index (χ4v) is 3.39. The van der Waals surface area contributed by atoms with E-state index in [1.807, 2.05) is 0 Å². The summed E-state index contributed by atoms with van der Waals surface area (Å²) in [5.74, 6) is 0. The second-order valence-corrected chi connectivity index (χ2v) is 13.0. The molecular weight excluding hydrogens is 277 g/mol. The fraction of sp³-hybridized carbons (Fsp3) is 1.00. The van der Waals surface area contributed by atoms with Gasteiger partial charge < -0.3 is 9.79 Å². The van der Waals surface area contributed by atoms with Crippen LogP contribution in [0.15, 0.2) is 0 Å². The van der Waals surface area contributed by atoms with Crippen LogP contribution in [0, 0.1) is 0 Å². The molecule has 0 aromatic carbocycles. The quantitative estimate of drug-likeness (QED) is 0.316. The topological polar surface area (TPSA) is 40.5 Å². The molecule has 78 valence electrons. The van der Waals surface area contributed by atoms with Gasteiger partial charge in [0.15, 0.2) is 0 Å². The van der Waals surface area contributed by atoms with Gasteiger partial charge in [0.05, 0.1) is 0 Å². The Kier molecular flexibility index (Phi) is 15.2. The fourth-order valence-electron chi connectivity index (χ4n) is 0.854. The van der Waals surface area contributed by atoms with Crippen molar-refractivity contribution >= 4 is 29.7 Å². The van der Waals surface area contributed by atoms with Gasteiger partial charge in [-0.1, -0.05) is 12.2 Å². The molecule has 0 radical (unpaired) electrons.